The number of halogens is 1. The van der Waals surface area contributed by atoms with E-state index in [0.717, 1.165) is 28.4 Å². The Kier molecular flexibility index (Phi) is 3.95. The Morgan fingerprint density at radius 2 is 1.95 bits per heavy atom. The van der Waals surface area contributed by atoms with E-state index in [4.69, 9.17) is 22.3 Å². The fourth-order valence-corrected chi connectivity index (χ4v) is 2.96. The fraction of sp³-hybridized carbons (Fsp3) is 0.235. The predicted octanol–water partition coefficient (Wildman–Crippen LogP) is 3.80. The first-order valence-corrected chi connectivity index (χ1v) is 7.53. The van der Waals surface area contributed by atoms with Gasteiger partial charge in [0.25, 0.3) is 0 Å². The van der Waals surface area contributed by atoms with Crippen LogP contribution in [-0.2, 0) is 6.54 Å². The zero-order valence-corrected chi connectivity index (χ0v) is 12.7. The monoisotopic (exact) mass is 299 g/mol. The SMILES string of the molecule is CCn1c(C(CN)c2ccccc2)nc2ccc(Cl)cc21. The van der Waals surface area contributed by atoms with Crippen molar-refractivity contribution in [1.29, 1.82) is 0 Å². The summed E-state index contributed by atoms with van der Waals surface area (Å²) in [6, 6.07) is 16.1. The van der Waals surface area contributed by atoms with Crippen molar-refractivity contribution in [2.75, 3.05) is 6.54 Å². The highest BCUT2D eigenvalue weighted by Crippen LogP contribution is 2.28. The van der Waals surface area contributed by atoms with Crippen LogP contribution in [0.4, 0.5) is 0 Å². The summed E-state index contributed by atoms with van der Waals surface area (Å²) in [6.07, 6.45) is 0. The van der Waals surface area contributed by atoms with Gasteiger partial charge in [-0.2, -0.15) is 0 Å². The Hall–Kier alpha value is -1.84. The van der Waals surface area contributed by atoms with Gasteiger partial charge in [-0.15, -0.1) is 0 Å². The quantitative estimate of drug-likeness (QED) is 0.796. The Labute approximate surface area is 129 Å². The van der Waals surface area contributed by atoms with Crippen molar-refractivity contribution in [3.8, 4) is 0 Å². The fourth-order valence-electron chi connectivity index (χ4n) is 2.79. The number of rotatable bonds is 4. The van der Waals surface area contributed by atoms with Gasteiger partial charge in [0, 0.05) is 18.1 Å². The molecule has 0 saturated carbocycles. The molecule has 4 heteroatoms. The Bertz CT molecular complexity index is 749. The molecule has 0 fully saturated rings. The van der Waals surface area contributed by atoms with Crippen LogP contribution in [0, 0.1) is 0 Å². The Morgan fingerprint density at radius 1 is 1.19 bits per heavy atom. The molecule has 0 amide bonds. The van der Waals surface area contributed by atoms with Gasteiger partial charge in [0.05, 0.1) is 17.0 Å². The molecule has 108 valence electrons. The summed E-state index contributed by atoms with van der Waals surface area (Å²) in [5.74, 6) is 1.10. The predicted molar refractivity (Wildman–Crippen MR) is 87.8 cm³/mol. The van der Waals surface area contributed by atoms with E-state index in [1.807, 2.05) is 36.4 Å². The lowest BCUT2D eigenvalue weighted by Gasteiger charge is -2.16. The maximum Gasteiger partial charge on any atom is 0.118 e. The third-order valence-corrected chi connectivity index (χ3v) is 4.04. The third-order valence-electron chi connectivity index (χ3n) is 3.81. The molecule has 1 heterocycles. The molecule has 1 atom stereocenters. The first-order valence-electron chi connectivity index (χ1n) is 7.15. The summed E-state index contributed by atoms with van der Waals surface area (Å²) in [5.41, 5.74) is 9.25. The van der Waals surface area contributed by atoms with E-state index in [1.54, 1.807) is 0 Å². The average Bonchev–Trinajstić information content (AvgIpc) is 2.86. The Balaban J connectivity index is 2.18. The van der Waals surface area contributed by atoms with Crippen LogP contribution in [0.2, 0.25) is 5.02 Å². The van der Waals surface area contributed by atoms with Crippen LogP contribution in [-0.4, -0.2) is 16.1 Å². The molecular formula is C17H18ClN3. The van der Waals surface area contributed by atoms with E-state index in [2.05, 4.69) is 23.6 Å². The topological polar surface area (TPSA) is 43.8 Å². The number of fused-ring (bicyclic) bond motifs is 1. The first-order chi connectivity index (χ1) is 10.2. The number of nitrogens with zero attached hydrogens (tertiary/aromatic N) is 2. The molecule has 0 radical (unpaired) electrons. The largest absolute Gasteiger partial charge is 0.329 e. The van der Waals surface area contributed by atoms with Gasteiger partial charge >= 0.3 is 0 Å². The van der Waals surface area contributed by atoms with E-state index in [-0.39, 0.29) is 5.92 Å². The second-order valence-electron chi connectivity index (χ2n) is 5.05. The molecule has 0 aliphatic heterocycles. The second kappa shape index (κ2) is 5.88. The van der Waals surface area contributed by atoms with Crippen LogP contribution in [0.3, 0.4) is 0 Å². The van der Waals surface area contributed by atoms with Crippen LogP contribution in [0.25, 0.3) is 11.0 Å². The number of aryl methyl sites for hydroxylation is 1. The molecule has 1 unspecified atom stereocenters. The molecule has 3 rings (SSSR count). The number of benzene rings is 2. The van der Waals surface area contributed by atoms with Crippen molar-refractivity contribution in [3.63, 3.8) is 0 Å². The lowest BCUT2D eigenvalue weighted by Crippen LogP contribution is -2.18. The molecule has 3 aromatic rings. The van der Waals surface area contributed by atoms with Gasteiger partial charge in [-0.05, 0) is 30.7 Å². The molecule has 0 aliphatic carbocycles. The highest BCUT2D eigenvalue weighted by atomic mass is 35.5. The first kappa shape index (κ1) is 14.1. The summed E-state index contributed by atoms with van der Waals surface area (Å²) in [4.78, 5) is 4.80. The smallest absolute Gasteiger partial charge is 0.118 e. The van der Waals surface area contributed by atoms with Crippen molar-refractivity contribution in [1.82, 2.24) is 9.55 Å². The molecule has 2 aromatic carbocycles. The van der Waals surface area contributed by atoms with Gasteiger partial charge in [0.1, 0.15) is 5.82 Å². The van der Waals surface area contributed by atoms with Gasteiger partial charge in [-0.3, -0.25) is 0 Å². The molecule has 0 bridgehead atoms. The van der Waals surface area contributed by atoms with Crippen molar-refractivity contribution < 1.29 is 0 Å². The van der Waals surface area contributed by atoms with Crippen molar-refractivity contribution in [2.24, 2.45) is 5.73 Å². The highest BCUT2D eigenvalue weighted by molar-refractivity contribution is 6.31. The maximum atomic E-state index is 6.12. The van der Waals surface area contributed by atoms with Crippen LogP contribution in [0.1, 0.15) is 24.2 Å². The summed E-state index contributed by atoms with van der Waals surface area (Å²) >= 11 is 6.12. The minimum absolute atomic E-state index is 0.0947. The molecule has 0 saturated heterocycles. The summed E-state index contributed by atoms with van der Waals surface area (Å²) in [5, 5.41) is 0.729. The Morgan fingerprint density at radius 3 is 2.62 bits per heavy atom. The van der Waals surface area contributed by atoms with E-state index >= 15 is 0 Å². The van der Waals surface area contributed by atoms with Crippen LogP contribution in [0.5, 0.6) is 0 Å². The molecule has 3 nitrogen and oxygen atoms in total. The number of imidazole rings is 1. The van der Waals surface area contributed by atoms with Crippen LogP contribution < -0.4 is 5.73 Å². The zero-order chi connectivity index (χ0) is 14.8. The summed E-state index contributed by atoms with van der Waals surface area (Å²) < 4.78 is 2.20. The molecule has 2 N–H and O–H groups in total. The van der Waals surface area contributed by atoms with Gasteiger partial charge in [-0.25, -0.2) is 4.98 Å². The van der Waals surface area contributed by atoms with Crippen LogP contribution in [0.15, 0.2) is 48.5 Å². The lowest BCUT2D eigenvalue weighted by molar-refractivity contribution is 0.660. The van der Waals surface area contributed by atoms with Crippen molar-refractivity contribution in [2.45, 2.75) is 19.4 Å². The van der Waals surface area contributed by atoms with E-state index in [1.165, 1.54) is 5.56 Å². The van der Waals surface area contributed by atoms with Crippen LogP contribution >= 0.6 is 11.6 Å². The molecule has 0 spiro atoms. The number of nitrogens with two attached hydrogens (primary N) is 1. The highest BCUT2D eigenvalue weighted by Gasteiger charge is 2.20. The average molecular weight is 300 g/mol. The van der Waals surface area contributed by atoms with Gasteiger partial charge in [0.2, 0.25) is 0 Å². The number of hydrogen-bond donors (Lipinski definition) is 1. The van der Waals surface area contributed by atoms with Gasteiger partial charge < -0.3 is 10.3 Å². The van der Waals surface area contributed by atoms with Gasteiger partial charge in [-0.1, -0.05) is 41.9 Å². The lowest BCUT2D eigenvalue weighted by atomic mass is 9.98. The van der Waals surface area contributed by atoms with E-state index < -0.39 is 0 Å². The minimum atomic E-state index is 0.0947. The van der Waals surface area contributed by atoms with E-state index in [0.29, 0.717) is 6.54 Å². The summed E-state index contributed by atoms with van der Waals surface area (Å²) in [7, 11) is 0. The minimum Gasteiger partial charge on any atom is -0.329 e. The number of aromatic nitrogens is 2. The molecular weight excluding hydrogens is 282 g/mol. The molecule has 21 heavy (non-hydrogen) atoms. The zero-order valence-electron chi connectivity index (χ0n) is 12.0. The van der Waals surface area contributed by atoms with Crippen molar-refractivity contribution >= 4 is 22.6 Å². The molecule has 1 aromatic heterocycles. The van der Waals surface area contributed by atoms with Gasteiger partial charge in [0.15, 0.2) is 0 Å². The van der Waals surface area contributed by atoms with Crippen molar-refractivity contribution in [3.05, 3.63) is 64.9 Å². The normalized spacial score (nSPS) is 12.7. The standard InChI is InChI=1S/C17H18ClN3/c1-2-21-16-10-13(18)8-9-15(16)20-17(21)14(11-19)12-6-4-3-5-7-12/h3-10,14H,2,11,19H2,1H3. The van der Waals surface area contributed by atoms with E-state index in [9.17, 15) is 0 Å². The molecule has 0 aliphatic rings. The maximum absolute atomic E-state index is 6.12. The second-order valence-corrected chi connectivity index (χ2v) is 5.48. The third kappa shape index (κ3) is 2.55. The summed E-state index contributed by atoms with van der Waals surface area (Å²) in [6.45, 7) is 3.49. The number of hydrogen-bond acceptors (Lipinski definition) is 2.